The van der Waals surface area contributed by atoms with Gasteiger partial charge in [-0.25, -0.2) is 0 Å². The summed E-state index contributed by atoms with van der Waals surface area (Å²) in [6, 6.07) is 23.9. The first-order valence-electron chi connectivity index (χ1n) is 11.4. The largest absolute Gasteiger partial charge is 0.450 e. The third-order valence-electron chi connectivity index (χ3n) is 7.84. The molecule has 7 aromatic rings. The van der Waals surface area contributed by atoms with Crippen LogP contribution in [0.4, 0.5) is 0 Å². The van der Waals surface area contributed by atoms with E-state index in [-0.39, 0.29) is 0 Å². The summed E-state index contributed by atoms with van der Waals surface area (Å²) in [5.41, 5.74) is 8.07. The minimum Gasteiger partial charge on any atom is -0.404 e. The average molecular weight is 458 g/mol. The standard InChI is InChI=1S/C27H15N5OS/c1-14-13-20-18-7-4-8-22-30(18)27(32(20)28-14)24-21(33-22)10-9-16-15-5-2-3-6-17(15)29-19-11-12-34-26(19)31(27)25(29)23(16)24/h2-13H,1H3/q+2. The number of para-hydroxylation sites is 1. The van der Waals surface area contributed by atoms with Crippen LogP contribution in [0, 0.1) is 6.92 Å². The molecule has 1 spiro atoms. The van der Waals surface area contributed by atoms with Crippen LogP contribution in [-0.4, -0.2) is 14.2 Å². The molecule has 34 heavy (non-hydrogen) atoms. The van der Waals surface area contributed by atoms with Crippen molar-refractivity contribution in [3.63, 3.8) is 0 Å². The van der Waals surface area contributed by atoms with E-state index >= 15 is 0 Å². The number of nitrogens with zero attached hydrogens (tertiary/aromatic N) is 5. The molecule has 0 fully saturated rings. The Kier molecular flexibility index (Phi) is 2.33. The lowest BCUT2D eigenvalue weighted by molar-refractivity contribution is -0.959. The second-order valence-electron chi connectivity index (χ2n) is 9.39. The summed E-state index contributed by atoms with van der Waals surface area (Å²) in [7, 11) is 0. The van der Waals surface area contributed by atoms with Crippen molar-refractivity contribution in [1.82, 2.24) is 14.2 Å². The second kappa shape index (κ2) is 4.83. The predicted molar refractivity (Wildman–Crippen MR) is 129 cm³/mol. The zero-order chi connectivity index (χ0) is 21.9. The molecule has 0 N–H and O–H groups in total. The highest BCUT2D eigenvalue weighted by Gasteiger charge is 2.70. The maximum Gasteiger partial charge on any atom is 0.450 e. The maximum absolute atomic E-state index is 6.59. The molecule has 0 aliphatic carbocycles. The van der Waals surface area contributed by atoms with Crippen molar-refractivity contribution in [3.05, 3.63) is 83.4 Å². The summed E-state index contributed by atoms with van der Waals surface area (Å²) >= 11 is 1.79. The number of aryl methyl sites for hydroxylation is 1. The van der Waals surface area contributed by atoms with Crippen molar-refractivity contribution in [3.8, 4) is 23.0 Å². The fourth-order valence-electron chi connectivity index (χ4n) is 6.80. The Hall–Kier alpha value is -4.23. The predicted octanol–water partition coefficient (Wildman–Crippen LogP) is 4.70. The maximum atomic E-state index is 6.59. The van der Waals surface area contributed by atoms with Gasteiger partial charge in [-0.15, -0.1) is 9.25 Å². The van der Waals surface area contributed by atoms with E-state index < -0.39 is 5.79 Å². The average Bonchev–Trinajstić information content (AvgIpc) is 3.63. The number of imidazole rings is 1. The Bertz CT molecular complexity index is 2130. The first-order chi connectivity index (χ1) is 16.8. The number of thiophene rings is 1. The Morgan fingerprint density at radius 3 is 2.85 bits per heavy atom. The number of ether oxygens (including phenoxy) is 1. The smallest absolute Gasteiger partial charge is 0.404 e. The summed E-state index contributed by atoms with van der Waals surface area (Å²) in [5.74, 6) is 1.05. The Morgan fingerprint density at radius 1 is 0.941 bits per heavy atom. The first kappa shape index (κ1) is 16.4. The highest BCUT2D eigenvalue weighted by atomic mass is 32.1. The van der Waals surface area contributed by atoms with Gasteiger partial charge in [0.2, 0.25) is 10.5 Å². The molecule has 8 heterocycles. The van der Waals surface area contributed by atoms with Crippen molar-refractivity contribution < 1.29 is 13.9 Å². The molecule has 6 nitrogen and oxygen atoms in total. The molecule has 1 atom stereocenters. The number of hydrogen-bond donors (Lipinski definition) is 0. The topological polar surface area (TPSA) is 39.2 Å². The zero-order valence-corrected chi connectivity index (χ0v) is 18.8. The van der Waals surface area contributed by atoms with Gasteiger partial charge < -0.3 is 4.74 Å². The van der Waals surface area contributed by atoms with E-state index in [1.54, 1.807) is 11.3 Å². The van der Waals surface area contributed by atoms with Gasteiger partial charge in [-0.3, -0.25) is 0 Å². The highest BCUT2D eigenvalue weighted by Crippen LogP contribution is 2.52. The van der Waals surface area contributed by atoms with Gasteiger partial charge in [0, 0.05) is 22.9 Å². The fourth-order valence-corrected chi connectivity index (χ4v) is 7.72. The normalized spacial score (nSPS) is 18.5. The van der Waals surface area contributed by atoms with E-state index in [1.807, 2.05) is 0 Å². The van der Waals surface area contributed by atoms with Crippen LogP contribution in [0.5, 0.6) is 11.6 Å². The van der Waals surface area contributed by atoms with Crippen LogP contribution >= 0.6 is 11.3 Å². The molecular weight excluding hydrogens is 442 g/mol. The lowest BCUT2D eigenvalue weighted by Crippen LogP contribution is -2.75. The number of fused-ring (bicyclic) bond motifs is 8. The van der Waals surface area contributed by atoms with Crippen LogP contribution in [0.2, 0.25) is 0 Å². The highest BCUT2D eigenvalue weighted by molar-refractivity contribution is 7.16. The minimum atomic E-state index is -0.680. The molecule has 3 aliphatic heterocycles. The number of rotatable bonds is 0. The molecule has 0 amide bonds. The molecule has 10 rings (SSSR count). The van der Waals surface area contributed by atoms with Gasteiger partial charge >= 0.3 is 17.3 Å². The van der Waals surface area contributed by atoms with E-state index in [1.165, 1.54) is 43.2 Å². The van der Waals surface area contributed by atoms with E-state index in [4.69, 9.17) is 9.84 Å². The van der Waals surface area contributed by atoms with Crippen LogP contribution in [0.25, 0.3) is 49.1 Å². The van der Waals surface area contributed by atoms with E-state index in [0.29, 0.717) is 0 Å². The van der Waals surface area contributed by atoms with Crippen LogP contribution in [-0.2, 0) is 5.79 Å². The number of hydrogen-bond acceptors (Lipinski definition) is 3. The lowest BCUT2D eigenvalue weighted by Gasteiger charge is -2.26. The fraction of sp³-hybridized carbons (Fsp3) is 0.0741. The molecule has 3 aliphatic rings. The van der Waals surface area contributed by atoms with Gasteiger partial charge in [0.15, 0.2) is 16.8 Å². The van der Waals surface area contributed by atoms with Crippen molar-refractivity contribution in [2.45, 2.75) is 12.7 Å². The lowest BCUT2D eigenvalue weighted by atomic mass is 9.97. The van der Waals surface area contributed by atoms with Crippen LogP contribution in [0.15, 0.2) is 72.1 Å². The molecular formula is C27H15N5OS+2. The Morgan fingerprint density at radius 2 is 1.88 bits per heavy atom. The Balaban J connectivity index is 1.62. The minimum absolute atomic E-state index is 0.680. The third-order valence-corrected chi connectivity index (χ3v) is 8.72. The van der Waals surface area contributed by atoms with Gasteiger partial charge in [-0.1, -0.05) is 34.1 Å². The summed E-state index contributed by atoms with van der Waals surface area (Å²) in [6.45, 7) is 2.08. The number of benzene rings is 2. The number of pyridine rings is 2. The molecule has 7 heteroatoms. The van der Waals surface area contributed by atoms with E-state index in [0.717, 1.165) is 28.7 Å². The van der Waals surface area contributed by atoms with Crippen molar-refractivity contribution >= 4 is 49.0 Å². The van der Waals surface area contributed by atoms with Crippen LogP contribution in [0.1, 0.15) is 11.3 Å². The quantitative estimate of drug-likeness (QED) is 0.245. The van der Waals surface area contributed by atoms with Gasteiger partial charge in [-0.2, -0.15) is 9.50 Å². The second-order valence-corrected chi connectivity index (χ2v) is 10.3. The Labute approximate surface area is 196 Å². The molecule has 0 bridgehead atoms. The van der Waals surface area contributed by atoms with Crippen LogP contribution < -0.4 is 13.9 Å². The zero-order valence-electron chi connectivity index (χ0n) is 18.0. The molecule has 2 aromatic carbocycles. The summed E-state index contributed by atoms with van der Waals surface area (Å²) < 4.78 is 16.1. The molecule has 0 radical (unpaired) electrons. The monoisotopic (exact) mass is 457 g/mol. The van der Waals surface area contributed by atoms with Gasteiger partial charge in [0.05, 0.1) is 17.1 Å². The summed E-state index contributed by atoms with van der Waals surface area (Å²) in [6.07, 6.45) is 0. The molecule has 0 saturated carbocycles. The third kappa shape index (κ3) is 1.39. The van der Waals surface area contributed by atoms with Crippen LogP contribution in [0.3, 0.4) is 0 Å². The van der Waals surface area contributed by atoms with Gasteiger partial charge in [-0.05, 0) is 42.6 Å². The van der Waals surface area contributed by atoms with Crippen molar-refractivity contribution in [2.24, 2.45) is 0 Å². The molecule has 158 valence electrons. The number of aromatic nitrogens is 5. The SMILES string of the molecule is Cc1cc2n(n1)C13c4c(ccc5c6ccccc6n6c7ccsc7[n+]1c6c45)Oc1cccc-2[n+]13. The van der Waals surface area contributed by atoms with Gasteiger partial charge in [0.1, 0.15) is 11.2 Å². The molecule has 1 unspecified atom stereocenters. The summed E-state index contributed by atoms with van der Waals surface area (Å²) in [4.78, 5) is 1.23. The first-order valence-corrected chi connectivity index (χ1v) is 12.3. The van der Waals surface area contributed by atoms with Crippen molar-refractivity contribution in [1.29, 1.82) is 0 Å². The summed E-state index contributed by atoms with van der Waals surface area (Å²) in [5, 5.41) is 11.1. The van der Waals surface area contributed by atoms with E-state index in [9.17, 15) is 0 Å². The molecule has 0 saturated heterocycles. The van der Waals surface area contributed by atoms with Gasteiger partial charge in [0.25, 0.3) is 0 Å². The van der Waals surface area contributed by atoms with E-state index in [2.05, 4.69) is 97.3 Å². The van der Waals surface area contributed by atoms with Crippen molar-refractivity contribution in [2.75, 3.05) is 0 Å². The molecule has 5 aromatic heterocycles.